The van der Waals surface area contributed by atoms with E-state index < -0.39 is 37.9 Å². The minimum Gasteiger partial charge on any atom is -0.298 e. The van der Waals surface area contributed by atoms with Gasteiger partial charge in [0.15, 0.2) is 5.78 Å². The minimum atomic E-state index is -3.78. The van der Waals surface area contributed by atoms with Crippen molar-refractivity contribution in [3.63, 3.8) is 0 Å². The molecule has 0 aliphatic carbocycles. The fraction of sp³-hybridized carbons (Fsp3) is 0.381. The molecule has 0 saturated carbocycles. The van der Waals surface area contributed by atoms with Crippen LogP contribution in [-0.2, 0) is 33.4 Å². The van der Waals surface area contributed by atoms with Crippen LogP contribution in [0.25, 0.3) is 0 Å². The zero-order valence-corrected chi connectivity index (χ0v) is 19.0. The Kier molecular flexibility index (Phi) is 7.93. The molecule has 2 aromatic carbocycles. The van der Waals surface area contributed by atoms with E-state index >= 15 is 0 Å². The van der Waals surface area contributed by atoms with Crippen molar-refractivity contribution in [2.24, 2.45) is 0 Å². The first-order valence-corrected chi connectivity index (χ1v) is 12.8. The molecule has 0 saturated heterocycles. The largest absolute Gasteiger partial charge is 0.298 e. The number of hydrogen-bond acceptors (Lipinski definition) is 7. The maximum absolute atomic E-state index is 13.5. The number of carbonyl (C=O) groups excluding carboxylic acids is 1. The van der Waals surface area contributed by atoms with Gasteiger partial charge in [0.25, 0.3) is 20.2 Å². The lowest BCUT2D eigenvalue weighted by molar-refractivity contribution is -0.123. The minimum absolute atomic E-state index is 0.387. The van der Waals surface area contributed by atoms with Crippen LogP contribution in [0.15, 0.2) is 48.5 Å². The van der Waals surface area contributed by atoms with Gasteiger partial charge in [-0.2, -0.15) is 16.8 Å². The molecule has 7 nitrogen and oxygen atoms in total. The van der Waals surface area contributed by atoms with E-state index in [1.807, 2.05) is 38.1 Å². The summed E-state index contributed by atoms with van der Waals surface area (Å²) in [7, 11) is -7.56. The first-order valence-electron chi connectivity index (χ1n) is 9.21. The monoisotopic (exact) mass is 454 g/mol. The van der Waals surface area contributed by atoms with Crippen LogP contribution in [0.4, 0.5) is 0 Å². The van der Waals surface area contributed by atoms with Crippen molar-refractivity contribution in [1.29, 1.82) is 0 Å². The second-order valence-electron chi connectivity index (χ2n) is 7.31. The Labute approximate surface area is 178 Å². The summed E-state index contributed by atoms with van der Waals surface area (Å²) in [4.78, 5) is 13.5. The summed E-state index contributed by atoms with van der Waals surface area (Å²) >= 11 is 0. The topological polar surface area (TPSA) is 104 Å². The molecule has 0 spiro atoms. The molecule has 9 heteroatoms. The Bertz CT molecular complexity index is 984. The molecule has 0 fully saturated rings. The van der Waals surface area contributed by atoms with Gasteiger partial charge < -0.3 is 0 Å². The van der Waals surface area contributed by atoms with E-state index in [4.69, 9.17) is 8.37 Å². The second-order valence-corrected chi connectivity index (χ2v) is 10.6. The Morgan fingerprint density at radius 1 is 0.700 bits per heavy atom. The van der Waals surface area contributed by atoms with Crippen molar-refractivity contribution in [2.45, 2.75) is 25.7 Å². The molecule has 0 aliphatic heterocycles. The molecule has 2 aromatic rings. The van der Waals surface area contributed by atoms with Crippen molar-refractivity contribution in [2.75, 3.05) is 25.7 Å². The number of benzene rings is 2. The van der Waals surface area contributed by atoms with Crippen LogP contribution in [0, 0.1) is 13.8 Å². The lowest BCUT2D eigenvalue weighted by atomic mass is 9.84. The number of aryl methyl sites for hydroxylation is 2. The van der Waals surface area contributed by atoms with Gasteiger partial charge in [0.05, 0.1) is 37.6 Å². The molecule has 0 N–H and O–H groups in total. The first-order chi connectivity index (χ1) is 13.9. The maximum atomic E-state index is 13.5. The molecule has 0 amide bonds. The standard InChI is InChI=1S/C21H26O7S2/c1-15-5-9-17(10-6-15)19(13-27-29(3,23)24)21(22)20(14-28-30(4,25)26)18-11-7-16(2)8-12-18/h5-12,19-20H,13-14H2,1-4H3. The summed E-state index contributed by atoms with van der Waals surface area (Å²) in [5, 5.41) is 0. The molecule has 164 valence electrons. The highest BCUT2D eigenvalue weighted by molar-refractivity contribution is 7.86. The SMILES string of the molecule is Cc1ccc(C(COS(C)(=O)=O)C(=O)C(COS(C)(=O)=O)c2ccc(C)cc2)cc1. The van der Waals surface area contributed by atoms with Gasteiger partial charge in [0.1, 0.15) is 0 Å². The molecule has 2 atom stereocenters. The van der Waals surface area contributed by atoms with Gasteiger partial charge >= 0.3 is 0 Å². The average molecular weight is 455 g/mol. The zero-order chi connectivity index (χ0) is 22.5. The van der Waals surface area contributed by atoms with Gasteiger partial charge in [0, 0.05) is 0 Å². The van der Waals surface area contributed by atoms with E-state index in [0.29, 0.717) is 11.1 Å². The van der Waals surface area contributed by atoms with Gasteiger partial charge in [0.2, 0.25) is 0 Å². The van der Waals surface area contributed by atoms with Crippen LogP contribution < -0.4 is 0 Å². The third kappa shape index (κ3) is 7.64. The molecular weight excluding hydrogens is 428 g/mol. The van der Waals surface area contributed by atoms with E-state index in [2.05, 4.69) is 0 Å². The third-order valence-electron chi connectivity index (χ3n) is 4.54. The fourth-order valence-corrected chi connectivity index (χ4v) is 3.68. The highest BCUT2D eigenvalue weighted by Crippen LogP contribution is 2.29. The Morgan fingerprint density at radius 3 is 1.27 bits per heavy atom. The van der Waals surface area contributed by atoms with Gasteiger partial charge in [-0.1, -0.05) is 59.7 Å². The van der Waals surface area contributed by atoms with Crippen molar-refractivity contribution in [3.05, 3.63) is 70.8 Å². The molecule has 0 aliphatic rings. The molecule has 0 aromatic heterocycles. The normalized spacial score (nSPS) is 14.3. The van der Waals surface area contributed by atoms with Crippen LogP contribution in [0.5, 0.6) is 0 Å². The molecule has 30 heavy (non-hydrogen) atoms. The zero-order valence-electron chi connectivity index (χ0n) is 17.4. The second kappa shape index (κ2) is 9.82. The van der Waals surface area contributed by atoms with Crippen LogP contribution in [0.3, 0.4) is 0 Å². The summed E-state index contributed by atoms with van der Waals surface area (Å²) in [6, 6.07) is 14.2. The van der Waals surface area contributed by atoms with Crippen molar-refractivity contribution >= 4 is 26.0 Å². The van der Waals surface area contributed by atoms with Crippen LogP contribution >= 0.6 is 0 Å². The quantitative estimate of drug-likeness (QED) is 0.508. The van der Waals surface area contributed by atoms with Crippen LogP contribution in [0.2, 0.25) is 0 Å². The highest BCUT2D eigenvalue weighted by atomic mass is 32.2. The van der Waals surface area contributed by atoms with Crippen LogP contribution in [-0.4, -0.2) is 48.3 Å². The van der Waals surface area contributed by atoms with Crippen molar-refractivity contribution in [3.8, 4) is 0 Å². The Balaban J connectivity index is 2.45. The molecule has 0 bridgehead atoms. The van der Waals surface area contributed by atoms with E-state index in [1.54, 1.807) is 24.3 Å². The summed E-state index contributed by atoms with van der Waals surface area (Å²) < 4.78 is 56.0. The number of ketones is 1. The molecular formula is C21H26O7S2. The third-order valence-corrected chi connectivity index (χ3v) is 5.67. The summed E-state index contributed by atoms with van der Waals surface area (Å²) in [5.74, 6) is -2.24. The summed E-state index contributed by atoms with van der Waals surface area (Å²) in [5.41, 5.74) is 3.10. The number of Topliss-reactive ketones (excluding diaryl/α,β-unsaturated/α-hetero) is 1. The van der Waals surface area contributed by atoms with E-state index in [-0.39, 0.29) is 13.2 Å². The number of hydrogen-bond donors (Lipinski definition) is 0. The molecule has 0 heterocycles. The van der Waals surface area contributed by atoms with E-state index in [9.17, 15) is 21.6 Å². The Hall–Kier alpha value is -2.07. The number of carbonyl (C=O) groups is 1. The van der Waals surface area contributed by atoms with Crippen molar-refractivity contribution < 1.29 is 30.0 Å². The van der Waals surface area contributed by atoms with Crippen LogP contribution in [0.1, 0.15) is 34.1 Å². The van der Waals surface area contributed by atoms with Crippen molar-refractivity contribution in [1.82, 2.24) is 0 Å². The predicted molar refractivity (Wildman–Crippen MR) is 114 cm³/mol. The maximum Gasteiger partial charge on any atom is 0.264 e. The first kappa shape index (κ1) is 24.2. The van der Waals surface area contributed by atoms with E-state index in [0.717, 1.165) is 23.6 Å². The predicted octanol–water partition coefficient (Wildman–Crippen LogP) is 2.69. The highest BCUT2D eigenvalue weighted by Gasteiger charge is 2.32. The lowest BCUT2D eigenvalue weighted by Crippen LogP contribution is -2.29. The molecule has 0 radical (unpaired) electrons. The molecule has 2 rings (SSSR count). The summed E-state index contributed by atoms with van der Waals surface area (Å²) in [6.45, 7) is 3.01. The fourth-order valence-electron chi connectivity index (χ4n) is 2.91. The Morgan fingerprint density at radius 2 is 1.00 bits per heavy atom. The van der Waals surface area contributed by atoms with Gasteiger partial charge in [-0.3, -0.25) is 13.2 Å². The smallest absolute Gasteiger partial charge is 0.264 e. The van der Waals surface area contributed by atoms with E-state index in [1.165, 1.54) is 0 Å². The van der Waals surface area contributed by atoms with Gasteiger partial charge in [-0.25, -0.2) is 0 Å². The lowest BCUT2D eigenvalue weighted by Gasteiger charge is -2.23. The number of rotatable bonds is 10. The average Bonchev–Trinajstić information content (AvgIpc) is 2.63. The van der Waals surface area contributed by atoms with Gasteiger partial charge in [-0.15, -0.1) is 0 Å². The summed E-state index contributed by atoms with van der Waals surface area (Å²) in [6.07, 6.45) is 1.82. The van der Waals surface area contributed by atoms with Gasteiger partial charge in [-0.05, 0) is 25.0 Å². The molecule has 2 unspecified atom stereocenters.